The maximum atomic E-state index is 12.6. The summed E-state index contributed by atoms with van der Waals surface area (Å²) in [6.45, 7) is 4.54. The van der Waals surface area contributed by atoms with Gasteiger partial charge in [-0.2, -0.15) is 0 Å². The molecule has 1 aliphatic heterocycles. The van der Waals surface area contributed by atoms with E-state index in [1.807, 2.05) is 24.3 Å². The monoisotopic (exact) mass is 339 g/mol. The summed E-state index contributed by atoms with van der Waals surface area (Å²) in [5, 5.41) is 3.01. The van der Waals surface area contributed by atoms with Crippen molar-refractivity contribution >= 4 is 11.6 Å². The fourth-order valence-electron chi connectivity index (χ4n) is 3.69. The van der Waals surface area contributed by atoms with Crippen molar-refractivity contribution in [3.05, 3.63) is 59.7 Å². The van der Waals surface area contributed by atoms with Crippen LogP contribution in [0.1, 0.15) is 37.4 Å². The fourth-order valence-corrected chi connectivity index (χ4v) is 3.69. The van der Waals surface area contributed by atoms with Gasteiger partial charge in [0.2, 0.25) is 5.91 Å². The first-order chi connectivity index (χ1) is 11.9. The number of likely N-dealkylation sites (N-methyl/N-ethyl adjacent to an activating group) is 1. The average Bonchev–Trinajstić information content (AvgIpc) is 2.59. The van der Waals surface area contributed by atoms with Gasteiger partial charge < -0.3 is 15.0 Å². The number of hydrogen-bond donors (Lipinski definition) is 2. The van der Waals surface area contributed by atoms with Crippen molar-refractivity contribution in [3.8, 4) is 5.75 Å². The van der Waals surface area contributed by atoms with Crippen LogP contribution in [0.4, 0.5) is 5.69 Å². The summed E-state index contributed by atoms with van der Waals surface area (Å²) in [5.74, 6) is 0.826. The molecule has 2 aromatic carbocycles. The molecule has 0 radical (unpaired) electrons. The number of fused-ring (bicyclic) bond motifs is 1. The minimum atomic E-state index is 0.0435. The van der Waals surface area contributed by atoms with Gasteiger partial charge in [-0.1, -0.05) is 24.3 Å². The second-order valence-corrected chi connectivity index (χ2v) is 7.48. The van der Waals surface area contributed by atoms with Crippen molar-refractivity contribution in [1.82, 2.24) is 0 Å². The van der Waals surface area contributed by atoms with Crippen LogP contribution in [-0.4, -0.2) is 25.6 Å². The third-order valence-electron chi connectivity index (χ3n) is 5.42. The summed E-state index contributed by atoms with van der Waals surface area (Å²) < 4.78 is 5.16. The van der Waals surface area contributed by atoms with Crippen LogP contribution in [0, 0.1) is 0 Å². The maximum absolute atomic E-state index is 12.6. The van der Waals surface area contributed by atoms with Crippen molar-refractivity contribution in [2.45, 2.75) is 38.3 Å². The van der Waals surface area contributed by atoms with Gasteiger partial charge in [0.05, 0.1) is 26.1 Å². The van der Waals surface area contributed by atoms with Crippen LogP contribution in [0.3, 0.4) is 0 Å². The molecule has 1 aliphatic rings. The molecule has 1 amide bonds. The van der Waals surface area contributed by atoms with E-state index in [9.17, 15) is 4.79 Å². The lowest BCUT2D eigenvalue weighted by Gasteiger charge is -2.43. The number of carbonyl (C=O) groups is 1. The summed E-state index contributed by atoms with van der Waals surface area (Å²) >= 11 is 0. The lowest BCUT2D eigenvalue weighted by Crippen LogP contribution is -3.18. The molecule has 0 aromatic heterocycles. The number of ether oxygens (including phenoxy) is 1. The number of amides is 1. The fraction of sp³-hybridized carbons (Fsp3) is 0.381. The van der Waals surface area contributed by atoms with E-state index < -0.39 is 0 Å². The Kier molecular flexibility index (Phi) is 4.82. The topological polar surface area (TPSA) is 42.8 Å². The average molecular weight is 339 g/mol. The first-order valence-electron chi connectivity index (χ1n) is 8.76. The number of anilines is 1. The van der Waals surface area contributed by atoms with Gasteiger partial charge in [0.1, 0.15) is 11.8 Å². The van der Waals surface area contributed by atoms with Crippen molar-refractivity contribution in [2.24, 2.45) is 0 Å². The first kappa shape index (κ1) is 17.5. The summed E-state index contributed by atoms with van der Waals surface area (Å²) in [6.07, 6.45) is 1.50. The van der Waals surface area contributed by atoms with Gasteiger partial charge in [0.15, 0.2) is 0 Å². The predicted octanol–water partition coefficient (Wildman–Crippen LogP) is 2.61. The largest absolute Gasteiger partial charge is 0.497 e. The summed E-state index contributed by atoms with van der Waals surface area (Å²) in [5.41, 5.74) is 3.57. The summed E-state index contributed by atoms with van der Waals surface area (Å²) in [4.78, 5) is 14.0. The van der Waals surface area contributed by atoms with E-state index in [-0.39, 0.29) is 17.5 Å². The second kappa shape index (κ2) is 6.89. The van der Waals surface area contributed by atoms with Gasteiger partial charge in [0, 0.05) is 17.7 Å². The highest BCUT2D eigenvalue weighted by Gasteiger charge is 2.41. The van der Waals surface area contributed by atoms with E-state index >= 15 is 0 Å². The molecule has 0 saturated carbocycles. The van der Waals surface area contributed by atoms with Crippen LogP contribution in [0.2, 0.25) is 0 Å². The molecule has 0 fully saturated rings. The number of carbonyl (C=O) groups excluding carboxylic acids is 1. The zero-order valence-electron chi connectivity index (χ0n) is 15.4. The van der Waals surface area contributed by atoms with Crippen molar-refractivity contribution < 1.29 is 14.4 Å². The Bertz CT molecular complexity index is 753. The number of benzene rings is 2. The van der Waals surface area contributed by atoms with Gasteiger partial charge in [0.25, 0.3) is 0 Å². The van der Waals surface area contributed by atoms with Gasteiger partial charge >= 0.3 is 0 Å². The van der Waals surface area contributed by atoms with Gasteiger partial charge in [-0.25, -0.2) is 0 Å². The first-order valence-corrected chi connectivity index (χ1v) is 8.76. The number of hydrogen-bond acceptors (Lipinski definition) is 2. The van der Waals surface area contributed by atoms with Gasteiger partial charge in [-0.15, -0.1) is 0 Å². The third-order valence-corrected chi connectivity index (χ3v) is 5.42. The SMILES string of the molecule is COc1ccc(NC(=O)C[C@H]2c3ccccc3CC(C)(C)[NH+]2C)cc1. The van der Waals surface area contributed by atoms with Crippen LogP contribution >= 0.6 is 0 Å². The van der Waals surface area contributed by atoms with Crippen molar-refractivity contribution in [1.29, 1.82) is 0 Å². The molecular weight excluding hydrogens is 312 g/mol. The van der Waals surface area contributed by atoms with E-state index in [1.54, 1.807) is 7.11 Å². The molecule has 25 heavy (non-hydrogen) atoms. The Morgan fingerprint density at radius 3 is 2.56 bits per heavy atom. The number of rotatable bonds is 4. The number of methoxy groups -OCH3 is 1. The highest BCUT2D eigenvalue weighted by Crippen LogP contribution is 2.28. The zero-order valence-corrected chi connectivity index (χ0v) is 15.4. The smallest absolute Gasteiger partial charge is 0.230 e. The van der Waals surface area contributed by atoms with Gasteiger partial charge in [-0.3, -0.25) is 4.79 Å². The Labute approximate surface area is 149 Å². The molecule has 132 valence electrons. The van der Waals surface area contributed by atoms with E-state index in [1.165, 1.54) is 16.0 Å². The molecule has 1 heterocycles. The Morgan fingerprint density at radius 2 is 1.88 bits per heavy atom. The quantitative estimate of drug-likeness (QED) is 0.899. The van der Waals surface area contributed by atoms with Crippen molar-refractivity contribution in [3.63, 3.8) is 0 Å². The minimum Gasteiger partial charge on any atom is -0.497 e. The summed E-state index contributed by atoms with van der Waals surface area (Å²) in [6, 6.07) is 16.1. The number of nitrogens with one attached hydrogen (secondary N) is 2. The number of quaternary nitrogens is 1. The van der Waals surface area contributed by atoms with E-state index in [2.05, 4.69) is 50.5 Å². The van der Waals surface area contributed by atoms with Crippen LogP contribution in [0.5, 0.6) is 5.75 Å². The van der Waals surface area contributed by atoms with Crippen LogP contribution in [-0.2, 0) is 11.2 Å². The van der Waals surface area contributed by atoms with E-state index in [0.29, 0.717) is 6.42 Å². The Balaban J connectivity index is 1.77. The molecular formula is C21H27N2O2+. The Morgan fingerprint density at radius 1 is 1.20 bits per heavy atom. The molecule has 0 bridgehead atoms. The molecule has 1 unspecified atom stereocenters. The molecule has 2 atom stereocenters. The van der Waals surface area contributed by atoms with Crippen LogP contribution < -0.4 is 15.0 Å². The summed E-state index contributed by atoms with van der Waals surface area (Å²) in [7, 11) is 3.83. The molecule has 0 spiro atoms. The molecule has 2 aromatic rings. The predicted molar refractivity (Wildman–Crippen MR) is 100 cm³/mol. The van der Waals surface area contributed by atoms with Crippen LogP contribution in [0.25, 0.3) is 0 Å². The third kappa shape index (κ3) is 3.69. The highest BCUT2D eigenvalue weighted by molar-refractivity contribution is 5.91. The van der Waals surface area contributed by atoms with Crippen molar-refractivity contribution in [2.75, 3.05) is 19.5 Å². The standard InChI is InChI=1S/C21H26N2O2/c1-21(2)14-15-7-5-6-8-18(15)19(23(21)3)13-20(24)22-16-9-11-17(25-4)12-10-16/h5-12,19H,13-14H2,1-4H3,(H,22,24)/p+1/t19-/m0/s1. The lowest BCUT2D eigenvalue weighted by atomic mass is 9.81. The second-order valence-electron chi connectivity index (χ2n) is 7.48. The van der Waals surface area contributed by atoms with E-state index in [0.717, 1.165) is 17.9 Å². The van der Waals surface area contributed by atoms with E-state index in [4.69, 9.17) is 4.74 Å². The normalized spacial score (nSPS) is 21.3. The molecule has 4 heteroatoms. The molecule has 2 N–H and O–H groups in total. The highest BCUT2D eigenvalue weighted by atomic mass is 16.5. The molecule has 3 rings (SSSR count). The van der Waals surface area contributed by atoms with Gasteiger partial charge in [-0.05, 0) is 43.7 Å². The Hall–Kier alpha value is -2.33. The molecule has 0 aliphatic carbocycles. The zero-order chi connectivity index (χ0) is 18.0. The molecule has 4 nitrogen and oxygen atoms in total. The lowest BCUT2D eigenvalue weighted by molar-refractivity contribution is -0.962. The molecule has 0 saturated heterocycles. The minimum absolute atomic E-state index is 0.0435. The maximum Gasteiger partial charge on any atom is 0.230 e. The van der Waals surface area contributed by atoms with Crippen LogP contribution in [0.15, 0.2) is 48.5 Å².